The predicted octanol–water partition coefficient (Wildman–Crippen LogP) is 5.57. The zero-order chi connectivity index (χ0) is 20.7. The van der Waals surface area contributed by atoms with Crippen molar-refractivity contribution in [2.75, 3.05) is 13.2 Å². The average Bonchev–Trinajstić information content (AvgIpc) is 2.66. The molecule has 0 aliphatic heterocycles. The molecule has 0 aliphatic carbocycles. The zero-order valence-electron chi connectivity index (χ0n) is 16.4. The highest BCUT2D eigenvalue weighted by molar-refractivity contribution is 9.11. The molecule has 0 saturated carbocycles. The van der Waals surface area contributed by atoms with Crippen LogP contribution in [0.4, 0.5) is 0 Å². The summed E-state index contributed by atoms with van der Waals surface area (Å²) in [7, 11) is 0. The van der Waals surface area contributed by atoms with Gasteiger partial charge in [-0.25, -0.2) is 5.43 Å². The first-order valence-electron chi connectivity index (χ1n) is 8.99. The van der Waals surface area contributed by atoms with E-state index in [1.54, 1.807) is 6.21 Å². The van der Waals surface area contributed by atoms with Gasteiger partial charge < -0.3 is 9.47 Å². The van der Waals surface area contributed by atoms with E-state index in [0.29, 0.717) is 12.4 Å². The van der Waals surface area contributed by atoms with Crippen molar-refractivity contribution >= 4 is 44.0 Å². The second-order valence-corrected chi connectivity index (χ2v) is 8.10. The van der Waals surface area contributed by atoms with Crippen molar-refractivity contribution in [2.24, 2.45) is 5.10 Å². The summed E-state index contributed by atoms with van der Waals surface area (Å²) >= 11 is 7.13. The molecule has 0 heterocycles. The molecule has 5 nitrogen and oxygen atoms in total. The Labute approximate surface area is 182 Å². The summed E-state index contributed by atoms with van der Waals surface area (Å²) in [6.45, 7) is 8.57. The molecule has 0 unspecified atom stereocenters. The van der Waals surface area contributed by atoms with E-state index in [1.165, 1.54) is 0 Å². The summed E-state index contributed by atoms with van der Waals surface area (Å²) in [5.41, 5.74) is 5.39. The lowest BCUT2D eigenvalue weighted by Crippen LogP contribution is -2.25. The van der Waals surface area contributed by atoms with Crippen LogP contribution in [-0.2, 0) is 4.79 Å². The van der Waals surface area contributed by atoms with Gasteiger partial charge in [-0.05, 0) is 82.7 Å². The highest BCUT2D eigenvalue weighted by atomic mass is 79.9. The van der Waals surface area contributed by atoms with Crippen LogP contribution >= 0.6 is 31.9 Å². The van der Waals surface area contributed by atoms with E-state index < -0.39 is 0 Å². The fourth-order valence-electron chi connectivity index (χ4n) is 2.45. The Morgan fingerprint density at radius 3 is 2.50 bits per heavy atom. The summed E-state index contributed by atoms with van der Waals surface area (Å²) in [6.07, 6.45) is 1.58. The normalized spacial score (nSPS) is 11.1. The molecule has 28 heavy (non-hydrogen) atoms. The SMILES string of the molecule is CCOc1ccc(/C=N\NC(=O)COc2c(C(C)C)cc(Br)c(C)c2Br)cc1. The number of hydrogen-bond acceptors (Lipinski definition) is 4. The monoisotopic (exact) mass is 510 g/mol. The minimum Gasteiger partial charge on any atom is -0.494 e. The number of rotatable bonds is 8. The first-order chi connectivity index (χ1) is 13.3. The summed E-state index contributed by atoms with van der Waals surface area (Å²) in [6, 6.07) is 9.48. The lowest BCUT2D eigenvalue weighted by molar-refractivity contribution is -0.123. The number of carbonyl (C=O) groups excluding carboxylic acids is 1. The third-order valence-electron chi connectivity index (χ3n) is 3.99. The summed E-state index contributed by atoms with van der Waals surface area (Å²) in [5, 5.41) is 3.98. The molecular formula is C21H24Br2N2O3. The van der Waals surface area contributed by atoms with Gasteiger partial charge in [-0.15, -0.1) is 0 Å². The Bertz CT molecular complexity index is 850. The molecule has 0 saturated heterocycles. The number of nitrogens with zero attached hydrogens (tertiary/aromatic N) is 1. The Balaban J connectivity index is 1.96. The number of hydrogen-bond donors (Lipinski definition) is 1. The molecule has 150 valence electrons. The second kappa shape index (κ2) is 10.6. The van der Waals surface area contributed by atoms with Crippen molar-refractivity contribution in [2.45, 2.75) is 33.6 Å². The number of ether oxygens (including phenoxy) is 2. The molecule has 1 amide bonds. The van der Waals surface area contributed by atoms with Crippen molar-refractivity contribution in [1.29, 1.82) is 0 Å². The van der Waals surface area contributed by atoms with Crippen LogP contribution < -0.4 is 14.9 Å². The lowest BCUT2D eigenvalue weighted by Gasteiger charge is -2.18. The summed E-state index contributed by atoms with van der Waals surface area (Å²) in [4.78, 5) is 12.1. The van der Waals surface area contributed by atoms with Gasteiger partial charge in [0.1, 0.15) is 11.5 Å². The van der Waals surface area contributed by atoms with Crippen LogP contribution in [0.15, 0.2) is 44.4 Å². The maximum Gasteiger partial charge on any atom is 0.277 e. The van der Waals surface area contributed by atoms with Gasteiger partial charge >= 0.3 is 0 Å². The molecule has 0 atom stereocenters. The van der Waals surface area contributed by atoms with Crippen LogP contribution in [0, 0.1) is 6.92 Å². The Morgan fingerprint density at radius 2 is 1.89 bits per heavy atom. The average molecular weight is 512 g/mol. The van der Waals surface area contributed by atoms with Crippen LogP contribution in [0.25, 0.3) is 0 Å². The third kappa shape index (κ3) is 6.07. The highest BCUT2D eigenvalue weighted by Gasteiger charge is 2.17. The number of amides is 1. The van der Waals surface area contributed by atoms with Crippen LogP contribution in [0.1, 0.15) is 43.4 Å². The number of carbonyl (C=O) groups is 1. The summed E-state index contributed by atoms with van der Waals surface area (Å²) in [5.74, 6) is 1.41. The molecule has 2 aromatic rings. The van der Waals surface area contributed by atoms with Crippen molar-refractivity contribution in [3.8, 4) is 11.5 Å². The molecular weight excluding hydrogens is 488 g/mol. The lowest BCUT2D eigenvalue weighted by atomic mass is 10.0. The standard InChI is InChI=1S/C21H24Br2N2O3/c1-5-27-16-8-6-15(7-9-16)11-24-25-19(26)12-28-21-17(13(2)3)10-18(22)14(4)20(21)23/h6-11,13H,5,12H2,1-4H3,(H,25,26)/b24-11-. The van der Waals surface area contributed by atoms with Gasteiger partial charge in [0.05, 0.1) is 17.3 Å². The van der Waals surface area contributed by atoms with Gasteiger partial charge in [0.2, 0.25) is 0 Å². The van der Waals surface area contributed by atoms with E-state index in [9.17, 15) is 4.79 Å². The van der Waals surface area contributed by atoms with Crippen LogP contribution in [0.3, 0.4) is 0 Å². The minimum atomic E-state index is -0.329. The van der Waals surface area contributed by atoms with Gasteiger partial charge in [0.25, 0.3) is 5.91 Å². The quantitative estimate of drug-likeness (QED) is 0.372. The summed E-state index contributed by atoms with van der Waals surface area (Å²) < 4.78 is 13.0. The van der Waals surface area contributed by atoms with E-state index in [2.05, 4.69) is 56.2 Å². The Kier molecular flexibility index (Phi) is 8.51. The van der Waals surface area contributed by atoms with Crippen LogP contribution in [0.5, 0.6) is 11.5 Å². The number of nitrogens with one attached hydrogen (secondary N) is 1. The van der Waals surface area contributed by atoms with Gasteiger partial charge in [0, 0.05) is 4.47 Å². The smallest absolute Gasteiger partial charge is 0.277 e. The molecule has 7 heteroatoms. The fourth-order valence-corrected chi connectivity index (χ4v) is 3.72. The largest absolute Gasteiger partial charge is 0.494 e. The van der Waals surface area contributed by atoms with E-state index in [4.69, 9.17) is 9.47 Å². The van der Waals surface area contributed by atoms with E-state index in [0.717, 1.165) is 31.4 Å². The molecule has 2 rings (SSSR count). The molecule has 0 aromatic heterocycles. The van der Waals surface area contributed by atoms with E-state index >= 15 is 0 Å². The molecule has 0 aliphatic rings. The number of halogens is 2. The molecule has 2 aromatic carbocycles. The second-order valence-electron chi connectivity index (χ2n) is 6.45. The maximum atomic E-state index is 12.1. The molecule has 0 fully saturated rings. The first-order valence-corrected chi connectivity index (χ1v) is 10.6. The van der Waals surface area contributed by atoms with Gasteiger partial charge in [-0.3, -0.25) is 4.79 Å². The number of hydrazone groups is 1. The number of benzene rings is 2. The van der Waals surface area contributed by atoms with Crippen molar-refractivity contribution in [3.63, 3.8) is 0 Å². The van der Waals surface area contributed by atoms with Crippen LogP contribution in [-0.4, -0.2) is 25.3 Å². The Morgan fingerprint density at radius 1 is 1.21 bits per heavy atom. The van der Waals surface area contributed by atoms with Gasteiger partial charge in [-0.2, -0.15) is 5.10 Å². The first kappa shape index (κ1) is 22.4. The Hall–Kier alpha value is -1.86. The maximum absolute atomic E-state index is 12.1. The molecule has 0 spiro atoms. The minimum absolute atomic E-state index is 0.125. The topological polar surface area (TPSA) is 59.9 Å². The van der Waals surface area contributed by atoms with Crippen molar-refractivity contribution in [3.05, 3.63) is 56.0 Å². The van der Waals surface area contributed by atoms with E-state index in [-0.39, 0.29) is 18.4 Å². The van der Waals surface area contributed by atoms with Gasteiger partial charge in [0.15, 0.2) is 6.61 Å². The molecule has 0 radical (unpaired) electrons. The fraction of sp³-hybridized carbons (Fsp3) is 0.333. The zero-order valence-corrected chi connectivity index (χ0v) is 19.6. The van der Waals surface area contributed by atoms with Gasteiger partial charge in [-0.1, -0.05) is 29.8 Å². The van der Waals surface area contributed by atoms with E-state index in [1.807, 2.05) is 44.2 Å². The predicted molar refractivity (Wildman–Crippen MR) is 120 cm³/mol. The third-order valence-corrected chi connectivity index (χ3v) is 5.77. The highest BCUT2D eigenvalue weighted by Crippen LogP contribution is 2.40. The van der Waals surface area contributed by atoms with Crippen molar-refractivity contribution in [1.82, 2.24) is 5.43 Å². The molecule has 1 N–H and O–H groups in total. The van der Waals surface area contributed by atoms with Crippen LogP contribution in [0.2, 0.25) is 0 Å². The molecule has 0 bridgehead atoms. The van der Waals surface area contributed by atoms with Crippen molar-refractivity contribution < 1.29 is 14.3 Å².